The van der Waals surface area contributed by atoms with Crippen molar-refractivity contribution in [3.8, 4) is 0 Å². The van der Waals surface area contributed by atoms with Gasteiger partial charge in [0.05, 0.1) is 0 Å². The topological polar surface area (TPSA) is 17.1 Å². The lowest BCUT2D eigenvalue weighted by atomic mass is 9.92. The maximum absolute atomic E-state index is 12.4. The molecule has 98 valence electrons. The highest BCUT2D eigenvalue weighted by molar-refractivity contribution is 6.00. The number of ketones is 1. The summed E-state index contributed by atoms with van der Waals surface area (Å²) in [4.78, 5) is 12.4. The number of carbonyl (C=O) groups excluding carboxylic acids is 1. The van der Waals surface area contributed by atoms with Crippen LogP contribution in [0.15, 0.2) is 54.6 Å². The molecule has 2 aromatic carbocycles. The zero-order chi connectivity index (χ0) is 13.7. The quantitative estimate of drug-likeness (QED) is 0.709. The first-order chi connectivity index (χ1) is 9.22. The van der Waals surface area contributed by atoms with Gasteiger partial charge in [-0.05, 0) is 17.5 Å². The first-order valence-corrected chi connectivity index (χ1v) is 6.90. The third-order valence-corrected chi connectivity index (χ3v) is 3.47. The smallest absolute Gasteiger partial charge is 0.170 e. The first kappa shape index (κ1) is 13.5. The fourth-order valence-corrected chi connectivity index (χ4v) is 2.27. The monoisotopic (exact) mass is 252 g/mol. The van der Waals surface area contributed by atoms with Crippen LogP contribution in [-0.2, 0) is 6.42 Å². The van der Waals surface area contributed by atoms with Gasteiger partial charge >= 0.3 is 0 Å². The highest BCUT2D eigenvalue weighted by Crippen LogP contribution is 2.20. The van der Waals surface area contributed by atoms with E-state index in [1.165, 1.54) is 5.56 Å². The molecule has 0 fully saturated rings. The van der Waals surface area contributed by atoms with E-state index in [1.807, 2.05) is 49.4 Å². The van der Waals surface area contributed by atoms with Gasteiger partial charge in [-0.1, -0.05) is 74.9 Å². The van der Waals surface area contributed by atoms with Crippen LogP contribution >= 0.6 is 0 Å². The van der Waals surface area contributed by atoms with Gasteiger partial charge in [0.1, 0.15) is 0 Å². The third-order valence-electron chi connectivity index (χ3n) is 3.47. The lowest BCUT2D eigenvalue weighted by molar-refractivity contribution is 0.0966. The lowest BCUT2D eigenvalue weighted by Gasteiger charge is -2.11. The molecular weight excluding hydrogens is 232 g/mol. The molecule has 0 aromatic heterocycles. The summed E-state index contributed by atoms with van der Waals surface area (Å²) < 4.78 is 0. The average Bonchev–Trinajstić information content (AvgIpc) is 2.48. The number of hydrogen-bond donors (Lipinski definition) is 0. The molecule has 0 N–H and O–H groups in total. The number of carbonyl (C=O) groups is 1. The molecule has 0 heterocycles. The van der Waals surface area contributed by atoms with E-state index in [4.69, 9.17) is 0 Å². The lowest BCUT2D eigenvalue weighted by Crippen LogP contribution is -2.09. The Morgan fingerprint density at radius 1 is 1.00 bits per heavy atom. The molecule has 0 radical (unpaired) electrons. The van der Waals surface area contributed by atoms with E-state index in [0.717, 1.165) is 24.0 Å². The Hall–Kier alpha value is -1.89. The van der Waals surface area contributed by atoms with Gasteiger partial charge < -0.3 is 0 Å². The van der Waals surface area contributed by atoms with Crippen molar-refractivity contribution >= 4 is 5.78 Å². The second-order valence-corrected chi connectivity index (χ2v) is 4.94. The summed E-state index contributed by atoms with van der Waals surface area (Å²) in [5.41, 5.74) is 3.17. The van der Waals surface area contributed by atoms with E-state index < -0.39 is 0 Å². The van der Waals surface area contributed by atoms with Gasteiger partial charge in [-0.15, -0.1) is 0 Å². The summed E-state index contributed by atoms with van der Waals surface area (Å²) in [6, 6.07) is 18.0. The van der Waals surface area contributed by atoms with E-state index in [-0.39, 0.29) is 11.7 Å². The summed E-state index contributed by atoms with van der Waals surface area (Å²) in [6.07, 6.45) is 2.20. The SMILES string of the molecule is CCCc1ccc(C(=O)C(C)c2ccccc2)cc1. The molecule has 19 heavy (non-hydrogen) atoms. The summed E-state index contributed by atoms with van der Waals surface area (Å²) >= 11 is 0. The minimum absolute atomic E-state index is 0.0850. The molecule has 2 rings (SSSR count). The maximum atomic E-state index is 12.4. The Balaban J connectivity index is 2.15. The van der Waals surface area contributed by atoms with Gasteiger partial charge in [0.2, 0.25) is 0 Å². The van der Waals surface area contributed by atoms with Crippen molar-refractivity contribution in [3.05, 3.63) is 71.3 Å². The predicted octanol–water partition coefficient (Wildman–Crippen LogP) is 4.63. The number of Topliss-reactive ketones (excluding diaryl/α,β-unsaturated/α-hetero) is 1. The van der Waals surface area contributed by atoms with Crippen molar-refractivity contribution in [2.45, 2.75) is 32.6 Å². The van der Waals surface area contributed by atoms with Crippen LogP contribution in [0.3, 0.4) is 0 Å². The summed E-state index contributed by atoms with van der Waals surface area (Å²) in [7, 11) is 0. The van der Waals surface area contributed by atoms with Crippen LogP contribution in [0.1, 0.15) is 47.7 Å². The van der Waals surface area contributed by atoms with Crippen molar-refractivity contribution in [1.82, 2.24) is 0 Å². The molecule has 0 aliphatic heterocycles. The zero-order valence-corrected chi connectivity index (χ0v) is 11.6. The molecule has 0 saturated heterocycles. The van der Waals surface area contributed by atoms with Crippen molar-refractivity contribution in [3.63, 3.8) is 0 Å². The minimum atomic E-state index is -0.0850. The second kappa shape index (κ2) is 6.33. The Labute approximate surface area is 115 Å². The Kier molecular flexibility index (Phi) is 4.51. The largest absolute Gasteiger partial charge is 0.294 e. The maximum Gasteiger partial charge on any atom is 0.170 e. The summed E-state index contributed by atoms with van der Waals surface area (Å²) in [5, 5.41) is 0. The Morgan fingerprint density at radius 3 is 2.21 bits per heavy atom. The van der Waals surface area contributed by atoms with Gasteiger partial charge in [-0.3, -0.25) is 4.79 Å². The molecule has 0 saturated carbocycles. The van der Waals surface area contributed by atoms with Crippen LogP contribution in [0, 0.1) is 0 Å². The number of aryl methyl sites for hydroxylation is 1. The van der Waals surface area contributed by atoms with Crippen LogP contribution in [0.2, 0.25) is 0 Å². The molecule has 0 aliphatic rings. The fraction of sp³-hybridized carbons (Fsp3) is 0.278. The van der Waals surface area contributed by atoms with E-state index >= 15 is 0 Å². The normalized spacial score (nSPS) is 12.1. The fourth-order valence-electron chi connectivity index (χ4n) is 2.27. The van der Waals surface area contributed by atoms with Crippen molar-refractivity contribution in [2.24, 2.45) is 0 Å². The summed E-state index contributed by atoms with van der Waals surface area (Å²) in [5.74, 6) is 0.104. The number of benzene rings is 2. The molecule has 0 bridgehead atoms. The van der Waals surface area contributed by atoms with E-state index in [9.17, 15) is 4.79 Å². The molecule has 2 aromatic rings. The molecule has 1 atom stereocenters. The third kappa shape index (κ3) is 3.31. The van der Waals surface area contributed by atoms with E-state index in [1.54, 1.807) is 0 Å². The highest BCUT2D eigenvalue weighted by atomic mass is 16.1. The molecule has 1 heteroatoms. The van der Waals surface area contributed by atoms with Crippen molar-refractivity contribution in [1.29, 1.82) is 0 Å². The van der Waals surface area contributed by atoms with Crippen LogP contribution in [-0.4, -0.2) is 5.78 Å². The molecule has 0 amide bonds. The second-order valence-electron chi connectivity index (χ2n) is 4.94. The number of rotatable bonds is 5. The Bertz CT molecular complexity index is 525. The van der Waals surface area contributed by atoms with Crippen molar-refractivity contribution in [2.75, 3.05) is 0 Å². The number of hydrogen-bond acceptors (Lipinski definition) is 1. The molecule has 1 nitrogen and oxygen atoms in total. The minimum Gasteiger partial charge on any atom is -0.294 e. The Morgan fingerprint density at radius 2 is 1.63 bits per heavy atom. The van der Waals surface area contributed by atoms with Crippen LogP contribution in [0.5, 0.6) is 0 Å². The van der Waals surface area contributed by atoms with Gasteiger partial charge in [0.15, 0.2) is 5.78 Å². The van der Waals surface area contributed by atoms with Gasteiger partial charge in [0, 0.05) is 11.5 Å². The van der Waals surface area contributed by atoms with E-state index in [2.05, 4.69) is 19.1 Å². The first-order valence-electron chi connectivity index (χ1n) is 6.90. The average molecular weight is 252 g/mol. The zero-order valence-electron chi connectivity index (χ0n) is 11.6. The highest BCUT2D eigenvalue weighted by Gasteiger charge is 2.16. The molecule has 0 aliphatic carbocycles. The molecular formula is C18H20O. The predicted molar refractivity (Wildman–Crippen MR) is 79.6 cm³/mol. The van der Waals surface area contributed by atoms with Crippen LogP contribution < -0.4 is 0 Å². The molecule has 1 unspecified atom stereocenters. The van der Waals surface area contributed by atoms with Crippen LogP contribution in [0.25, 0.3) is 0 Å². The van der Waals surface area contributed by atoms with Gasteiger partial charge in [-0.2, -0.15) is 0 Å². The van der Waals surface area contributed by atoms with Crippen molar-refractivity contribution < 1.29 is 4.79 Å². The molecule has 0 spiro atoms. The van der Waals surface area contributed by atoms with Gasteiger partial charge in [0.25, 0.3) is 0 Å². The van der Waals surface area contributed by atoms with E-state index in [0.29, 0.717) is 0 Å². The summed E-state index contributed by atoms with van der Waals surface area (Å²) in [6.45, 7) is 4.13. The van der Waals surface area contributed by atoms with Crippen LogP contribution in [0.4, 0.5) is 0 Å². The standard InChI is InChI=1S/C18H20O/c1-3-7-15-10-12-17(13-11-15)18(19)14(2)16-8-5-4-6-9-16/h4-6,8-14H,3,7H2,1-2H3. The van der Waals surface area contributed by atoms with Gasteiger partial charge in [-0.25, -0.2) is 0 Å².